The zero-order valence-electron chi connectivity index (χ0n) is 54.6. The summed E-state index contributed by atoms with van der Waals surface area (Å²) in [7, 11) is 0. The predicted octanol–water partition coefficient (Wildman–Crippen LogP) is 24.9. The maximum Gasteiger partial charge on any atom is 0.306 e. The molecule has 0 saturated carbocycles. The summed E-state index contributed by atoms with van der Waals surface area (Å²) in [6, 6.07) is 0. The predicted molar refractivity (Wildman–Crippen MR) is 353 cm³/mol. The van der Waals surface area contributed by atoms with Gasteiger partial charge in [0.1, 0.15) is 13.2 Å². The quantitative estimate of drug-likeness (QED) is 0.0261. The lowest BCUT2D eigenvalue weighted by atomic mass is 10.0. The van der Waals surface area contributed by atoms with E-state index in [4.69, 9.17) is 14.2 Å². The molecule has 1 atom stereocenters. The molecule has 474 valence electrons. The summed E-state index contributed by atoms with van der Waals surface area (Å²) < 4.78 is 17.0. The van der Waals surface area contributed by atoms with Gasteiger partial charge in [-0.1, -0.05) is 365 Å². The molecular formula is C75H138O6. The summed E-state index contributed by atoms with van der Waals surface area (Å²) in [6.07, 6.45) is 88.8. The summed E-state index contributed by atoms with van der Waals surface area (Å²) in [5.41, 5.74) is 0. The molecular weight excluding hydrogens is 997 g/mol. The molecule has 6 nitrogen and oxygen atoms in total. The van der Waals surface area contributed by atoms with Crippen LogP contribution in [0.2, 0.25) is 0 Å². The molecule has 1 unspecified atom stereocenters. The average molecular weight is 1140 g/mol. The molecule has 0 fully saturated rings. The van der Waals surface area contributed by atoms with Gasteiger partial charge in [0.05, 0.1) is 0 Å². The number of allylic oxidation sites excluding steroid dienone is 8. The van der Waals surface area contributed by atoms with E-state index in [-0.39, 0.29) is 31.1 Å². The van der Waals surface area contributed by atoms with E-state index in [0.717, 1.165) is 83.5 Å². The zero-order valence-corrected chi connectivity index (χ0v) is 54.6. The van der Waals surface area contributed by atoms with Crippen molar-refractivity contribution >= 4 is 17.9 Å². The van der Waals surface area contributed by atoms with Crippen LogP contribution in [0.4, 0.5) is 0 Å². The van der Waals surface area contributed by atoms with Crippen LogP contribution >= 0.6 is 0 Å². The van der Waals surface area contributed by atoms with Gasteiger partial charge in [-0.25, -0.2) is 0 Å². The van der Waals surface area contributed by atoms with E-state index in [1.165, 1.54) is 270 Å². The number of rotatable bonds is 67. The van der Waals surface area contributed by atoms with Gasteiger partial charge in [0.25, 0.3) is 0 Å². The normalized spacial score (nSPS) is 12.3. The molecule has 0 aliphatic carbocycles. The molecule has 0 saturated heterocycles. The number of carbonyl (C=O) groups excluding carboxylic acids is 3. The molecule has 0 bridgehead atoms. The average Bonchev–Trinajstić information content (AvgIpc) is 3.47. The van der Waals surface area contributed by atoms with Crippen LogP contribution in [-0.2, 0) is 28.6 Å². The maximum atomic E-state index is 12.9. The highest BCUT2D eigenvalue weighted by Crippen LogP contribution is 2.19. The van der Waals surface area contributed by atoms with Gasteiger partial charge in [0.15, 0.2) is 6.10 Å². The van der Waals surface area contributed by atoms with Crippen LogP contribution in [0.5, 0.6) is 0 Å². The van der Waals surface area contributed by atoms with Crippen LogP contribution in [0.3, 0.4) is 0 Å². The minimum atomic E-state index is -0.767. The second kappa shape index (κ2) is 69.9. The van der Waals surface area contributed by atoms with Gasteiger partial charge < -0.3 is 14.2 Å². The molecule has 0 aliphatic heterocycles. The van der Waals surface area contributed by atoms with Crippen LogP contribution in [0, 0.1) is 0 Å². The Morgan fingerprint density at radius 2 is 0.481 bits per heavy atom. The fraction of sp³-hybridized carbons (Fsp3) is 0.853. The van der Waals surface area contributed by atoms with Crippen molar-refractivity contribution < 1.29 is 28.6 Å². The first-order valence-corrected chi connectivity index (χ1v) is 36.1. The molecule has 0 aliphatic rings. The van der Waals surface area contributed by atoms with Crippen LogP contribution in [0.15, 0.2) is 48.6 Å². The van der Waals surface area contributed by atoms with Gasteiger partial charge in [0.2, 0.25) is 0 Å². The molecule has 0 amide bonds. The van der Waals surface area contributed by atoms with E-state index < -0.39 is 6.10 Å². The molecule has 0 spiro atoms. The fourth-order valence-electron chi connectivity index (χ4n) is 11.0. The summed E-state index contributed by atoms with van der Waals surface area (Å²) in [4.78, 5) is 38.3. The van der Waals surface area contributed by atoms with E-state index in [1.54, 1.807) is 0 Å². The summed E-state index contributed by atoms with van der Waals surface area (Å²) in [6.45, 7) is 6.59. The van der Waals surface area contributed by atoms with Gasteiger partial charge >= 0.3 is 17.9 Å². The van der Waals surface area contributed by atoms with Crippen molar-refractivity contribution in [3.8, 4) is 0 Å². The van der Waals surface area contributed by atoms with Crippen molar-refractivity contribution in [2.45, 2.75) is 399 Å². The summed E-state index contributed by atoms with van der Waals surface area (Å²) >= 11 is 0. The van der Waals surface area contributed by atoms with Gasteiger partial charge in [0, 0.05) is 19.3 Å². The number of hydrogen-bond acceptors (Lipinski definition) is 6. The first-order chi connectivity index (χ1) is 40.0. The molecule has 0 N–H and O–H groups in total. The van der Waals surface area contributed by atoms with Crippen molar-refractivity contribution in [2.75, 3.05) is 13.2 Å². The summed E-state index contributed by atoms with van der Waals surface area (Å²) in [5, 5.41) is 0. The van der Waals surface area contributed by atoms with Gasteiger partial charge in [-0.05, 0) is 57.8 Å². The second-order valence-electron chi connectivity index (χ2n) is 24.5. The summed E-state index contributed by atoms with van der Waals surface area (Å²) in [5.74, 6) is -0.835. The van der Waals surface area contributed by atoms with Crippen LogP contribution in [0.1, 0.15) is 393 Å². The Balaban J connectivity index is 4.06. The third-order valence-corrected chi connectivity index (χ3v) is 16.3. The molecule has 81 heavy (non-hydrogen) atoms. The largest absolute Gasteiger partial charge is 0.462 e. The first kappa shape index (κ1) is 78.4. The lowest BCUT2D eigenvalue weighted by Gasteiger charge is -2.18. The Kier molecular flexibility index (Phi) is 67.6. The van der Waals surface area contributed by atoms with Crippen molar-refractivity contribution in [3.05, 3.63) is 48.6 Å². The number of esters is 3. The lowest BCUT2D eigenvalue weighted by Crippen LogP contribution is -2.30. The number of ether oxygens (including phenoxy) is 3. The molecule has 0 rings (SSSR count). The highest BCUT2D eigenvalue weighted by atomic mass is 16.6. The van der Waals surface area contributed by atoms with Gasteiger partial charge in [-0.2, -0.15) is 0 Å². The van der Waals surface area contributed by atoms with E-state index in [9.17, 15) is 14.4 Å². The molecule has 0 radical (unpaired) electrons. The van der Waals surface area contributed by atoms with Crippen molar-refractivity contribution in [2.24, 2.45) is 0 Å². The van der Waals surface area contributed by atoms with Crippen LogP contribution in [0.25, 0.3) is 0 Å². The smallest absolute Gasteiger partial charge is 0.306 e. The standard InChI is InChI=1S/C75H138O6/c1-4-7-10-13-16-19-22-24-26-28-30-32-33-34-35-36-37-38-39-40-41-42-43-44-46-47-49-51-53-56-59-62-65-68-74(77)80-71-72(70-79-73(76)67-64-61-58-55-21-18-15-12-9-6-3)81-75(78)69-66-63-60-57-54-52-50-48-45-31-29-27-25-23-20-17-14-11-8-5-2/h7,10,16,19,24,26,30,32,72H,4-6,8-9,11-15,17-18,20-23,25,27-29,31,33-71H2,1-3H3/b10-7-,19-16-,26-24-,32-30-. The lowest BCUT2D eigenvalue weighted by molar-refractivity contribution is -0.167. The Labute approximate surface area is 505 Å². The maximum absolute atomic E-state index is 12.9. The molecule has 6 heteroatoms. The topological polar surface area (TPSA) is 78.9 Å². The van der Waals surface area contributed by atoms with E-state index >= 15 is 0 Å². The van der Waals surface area contributed by atoms with Crippen molar-refractivity contribution in [1.29, 1.82) is 0 Å². The van der Waals surface area contributed by atoms with Crippen LogP contribution < -0.4 is 0 Å². The molecule has 0 aromatic carbocycles. The van der Waals surface area contributed by atoms with Crippen molar-refractivity contribution in [3.63, 3.8) is 0 Å². The van der Waals surface area contributed by atoms with Gasteiger partial charge in [-0.15, -0.1) is 0 Å². The highest BCUT2D eigenvalue weighted by Gasteiger charge is 2.19. The molecule has 0 heterocycles. The van der Waals surface area contributed by atoms with Crippen molar-refractivity contribution in [1.82, 2.24) is 0 Å². The van der Waals surface area contributed by atoms with Crippen LogP contribution in [-0.4, -0.2) is 37.2 Å². The minimum Gasteiger partial charge on any atom is -0.462 e. The van der Waals surface area contributed by atoms with Gasteiger partial charge in [-0.3, -0.25) is 14.4 Å². The molecule has 0 aromatic heterocycles. The number of carbonyl (C=O) groups is 3. The first-order valence-electron chi connectivity index (χ1n) is 36.1. The number of hydrogen-bond donors (Lipinski definition) is 0. The molecule has 0 aromatic rings. The van der Waals surface area contributed by atoms with E-state index in [1.807, 2.05) is 0 Å². The third kappa shape index (κ3) is 68.0. The second-order valence-corrected chi connectivity index (χ2v) is 24.5. The SMILES string of the molecule is CC/C=C\C/C=C\C/C=C\C/C=C\CCCCCCCCCCCCCCCCCCCCCCC(=O)OCC(COC(=O)CCCCCCCCCCCC)OC(=O)CCCCCCCCCCCCCCCCCCCCCC. The minimum absolute atomic E-state index is 0.0648. The Morgan fingerprint density at radius 1 is 0.259 bits per heavy atom. The Bertz CT molecular complexity index is 1400. The van der Waals surface area contributed by atoms with E-state index in [2.05, 4.69) is 69.4 Å². The zero-order chi connectivity index (χ0) is 58.5. The monoisotopic (exact) mass is 1140 g/mol. The Morgan fingerprint density at radius 3 is 0.753 bits per heavy atom. The number of unbranched alkanes of at least 4 members (excludes halogenated alkanes) is 48. The van der Waals surface area contributed by atoms with E-state index in [0.29, 0.717) is 19.3 Å². The fourth-order valence-corrected chi connectivity index (χ4v) is 11.0. The third-order valence-electron chi connectivity index (χ3n) is 16.3. The Hall–Kier alpha value is -2.63. The highest BCUT2D eigenvalue weighted by molar-refractivity contribution is 5.71.